The Morgan fingerprint density at radius 1 is 1.21 bits per heavy atom. The predicted octanol–water partition coefficient (Wildman–Crippen LogP) is 3.59. The first kappa shape index (κ1) is 13.3. The Hall–Kier alpha value is -2.14. The zero-order valence-corrected chi connectivity index (χ0v) is 11.5. The molecule has 2 rings (SSSR count). The second kappa shape index (κ2) is 6.15. The largest absolute Gasteiger partial charge is 0.478 e. The Morgan fingerprint density at radius 3 is 2.58 bits per heavy atom. The van der Waals surface area contributed by atoms with Gasteiger partial charge in [-0.05, 0) is 45.8 Å². The maximum absolute atomic E-state index is 10.9. The lowest BCUT2D eigenvalue weighted by atomic mass is 10.1. The third-order valence-corrected chi connectivity index (χ3v) is 3.06. The molecule has 0 saturated carbocycles. The second-order valence-electron chi connectivity index (χ2n) is 3.78. The Kier molecular flexibility index (Phi) is 4.30. The van der Waals surface area contributed by atoms with E-state index in [4.69, 9.17) is 5.11 Å². The van der Waals surface area contributed by atoms with Crippen LogP contribution in [-0.2, 0) is 0 Å². The molecule has 0 unspecified atom stereocenters. The lowest BCUT2D eigenvalue weighted by Gasteiger charge is -2.01. The quantitative estimate of drug-likeness (QED) is 0.669. The number of hydrazone groups is 1. The molecule has 0 spiro atoms. The van der Waals surface area contributed by atoms with Crippen molar-refractivity contribution in [2.45, 2.75) is 0 Å². The van der Waals surface area contributed by atoms with Crippen LogP contribution in [0.25, 0.3) is 0 Å². The number of para-hydroxylation sites is 1. The average Bonchev–Trinajstić information content (AvgIpc) is 2.39. The standard InChI is InChI=1S/C14H11BrN2O2/c15-13-8-10(6-7-12(13)14(18)19)9-16-17-11-4-2-1-3-5-11/h1-9,17H,(H,18,19). The minimum atomic E-state index is -0.960. The topological polar surface area (TPSA) is 61.7 Å². The molecular weight excluding hydrogens is 308 g/mol. The molecule has 0 fully saturated rings. The summed E-state index contributed by atoms with van der Waals surface area (Å²) in [4.78, 5) is 10.9. The lowest BCUT2D eigenvalue weighted by Crippen LogP contribution is -1.98. The molecule has 0 heterocycles. The normalized spacial score (nSPS) is 10.6. The van der Waals surface area contributed by atoms with E-state index < -0.39 is 5.97 Å². The van der Waals surface area contributed by atoms with Crippen LogP contribution in [0.5, 0.6) is 0 Å². The molecular formula is C14H11BrN2O2. The van der Waals surface area contributed by atoms with E-state index in [1.165, 1.54) is 6.07 Å². The van der Waals surface area contributed by atoms with Gasteiger partial charge in [-0.3, -0.25) is 5.43 Å². The van der Waals surface area contributed by atoms with Gasteiger partial charge in [0.1, 0.15) is 0 Å². The maximum atomic E-state index is 10.9. The Labute approximate surface area is 118 Å². The van der Waals surface area contributed by atoms with Crippen molar-refractivity contribution in [2.24, 2.45) is 5.10 Å². The Bertz CT molecular complexity index is 612. The molecule has 0 atom stereocenters. The molecule has 5 heteroatoms. The van der Waals surface area contributed by atoms with Crippen LogP contribution in [0.4, 0.5) is 5.69 Å². The van der Waals surface area contributed by atoms with Gasteiger partial charge in [0.2, 0.25) is 0 Å². The van der Waals surface area contributed by atoms with Gasteiger partial charge in [-0.1, -0.05) is 24.3 Å². The summed E-state index contributed by atoms with van der Waals surface area (Å²) in [5.74, 6) is -0.960. The van der Waals surface area contributed by atoms with Crippen molar-refractivity contribution in [3.63, 3.8) is 0 Å². The number of nitrogens with zero attached hydrogens (tertiary/aromatic N) is 1. The number of hydrogen-bond acceptors (Lipinski definition) is 3. The van der Waals surface area contributed by atoms with E-state index in [0.29, 0.717) is 4.47 Å². The van der Waals surface area contributed by atoms with Crippen LogP contribution in [0.1, 0.15) is 15.9 Å². The van der Waals surface area contributed by atoms with Gasteiger partial charge in [0.15, 0.2) is 0 Å². The van der Waals surface area contributed by atoms with Crippen molar-refractivity contribution >= 4 is 33.8 Å². The van der Waals surface area contributed by atoms with Crippen molar-refractivity contribution in [1.29, 1.82) is 0 Å². The van der Waals surface area contributed by atoms with Crippen molar-refractivity contribution < 1.29 is 9.90 Å². The van der Waals surface area contributed by atoms with E-state index in [2.05, 4.69) is 26.5 Å². The summed E-state index contributed by atoms with van der Waals surface area (Å²) in [6, 6.07) is 14.5. The Balaban J connectivity index is 2.07. The first-order chi connectivity index (χ1) is 9.16. The summed E-state index contributed by atoms with van der Waals surface area (Å²) in [6.45, 7) is 0. The molecule has 2 aromatic rings. The lowest BCUT2D eigenvalue weighted by molar-refractivity contribution is 0.0696. The molecule has 0 aliphatic heterocycles. The molecule has 19 heavy (non-hydrogen) atoms. The van der Waals surface area contributed by atoms with Crippen molar-refractivity contribution in [1.82, 2.24) is 0 Å². The fourth-order valence-corrected chi connectivity index (χ4v) is 2.05. The highest BCUT2D eigenvalue weighted by atomic mass is 79.9. The van der Waals surface area contributed by atoms with Gasteiger partial charge < -0.3 is 5.11 Å². The highest BCUT2D eigenvalue weighted by molar-refractivity contribution is 9.10. The van der Waals surface area contributed by atoms with Gasteiger partial charge in [0.05, 0.1) is 17.5 Å². The summed E-state index contributed by atoms with van der Waals surface area (Å²) >= 11 is 3.22. The van der Waals surface area contributed by atoms with Crippen LogP contribution in [0.15, 0.2) is 58.1 Å². The molecule has 0 aliphatic carbocycles. The maximum Gasteiger partial charge on any atom is 0.336 e. The van der Waals surface area contributed by atoms with Crippen LogP contribution in [-0.4, -0.2) is 17.3 Å². The zero-order chi connectivity index (χ0) is 13.7. The Morgan fingerprint density at radius 2 is 1.95 bits per heavy atom. The van der Waals surface area contributed by atoms with E-state index in [1.807, 2.05) is 30.3 Å². The summed E-state index contributed by atoms with van der Waals surface area (Å²) < 4.78 is 0.531. The van der Waals surface area contributed by atoms with E-state index in [1.54, 1.807) is 18.3 Å². The summed E-state index contributed by atoms with van der Waals surface area (Å²) in [6.07, 6.45) is 1.63. The van der Waals surface area contributed by atoms with Gasteiger partial charge in [-0.2, -0.15) is 5.10 Å². The number of nitrogens with one attached hydrogen (secondary N) is 1. The molecule has 0 radical (unpaired) electrons. The molecule has 0 aromatic heterocycles. The third kappa shape index (κ3) is 3.66. The first-order valence-corrected chi connectivity index (χ1v) is 6.33. The molecule has 0 saturated heterocycles. The van der Waals surface area contributed by atoms with Crippen LogP contribution < -0.4 is 5.43 Å². The molecule has 96 valence electrons. The number of rotatable bonds is 4. The number of carboxylic acids is 1. The summed E-state index contributed by atoms with van der Waals surface area (Å²) in [5.41, 5.74) is 4.81. The van der Waals surface area contributed by atoms with E-state index in [-0.39, 0.29) is 5.56 Å². The van der Waals surface area contributed by atoms with E-state index in [9.17, 15) is 4.79 Å². The van der Waals surface area contributed by atoms with Gasteiger partial charge >= 0.3 is 5.97 Å². The molecule has 0 bridgehead atoms. The molecule has 2 aromatic carbocycles. The van der Waals surface area contributed by atoms with Crippen LogP contribution in [0, 0.1) is 0 Å². The number of halogens is 1. The van der Waals surface area contributed by atoms with Crippen LogP contribution in [0.2, 0.25) is 0 Å². The van der Waals surface area contributed by atoms with E-state index in [0.717, 1.165) is 11.3 Å². The monoisotopic (exact) mass is 318 g/mol. The van der Waals surface area contributed by atoms with Crippen molar-refractivity contribution in [3.8, 4) is 0 Å². The van der Waals surface area contributed by atoms with Gasteiger partial charge in [0.25, 0.3) is 0 Å². The summed E-state index contributed by atoms with van der Waals surface area (Å²) in [5, 5.41) is 13.0. The van der Waals surface area contributed by atoms with Crippen LogP contribution >= 0.6 is 15.9 Å². The number of carbonyl (C=O) groups is 1. The SMILES string of the molecule is O=C(O)c1ccc(C=NNc2ccccc2)cc1Br. The van der Waals surface area contributed by atoms with E-state index >= 15 is 0 Å². The number of aromatic carboxylic acids is 1. The van der Waals surface area contributed by atoms with Gasteiger partial charge in [0, 0.05) is 4.47 Å². The smallest absolute Gasteiger partial charge is 0.336 e. The minimum Gasteiger partial charge on any atom is -0.478 e. The fourth-order valence-electron chi connectivity index (χ4n) is 1.48. The summed E-state index contributed by atoms with van der Waals surface area (Å²) in [7, 11) is 0. The second-order valence-corrected chi connectivity index (χ2v) is 4.63. The third-order valence-electron chi connectivity index (χ3n) is 2.40. The molecule has 0 amide bonds. The van der Waals surface area contributed by atoms with Crippen molar-refractivity contribution in [2.75, 3.05) is 5.43 Å². The average molecular weight is 319 g/mol. The van der Waals surface area contributed by atoms with Gasteiger partial charge in [-0.25, -0.2) is 4.79 Å². The highest BCUT2D eigenvalue weighted by Crippen LogP contribution is 2.17. The number of hydrogen-bond donors (Lipinski definition) is 2. The number of carboxylic acid groups (broad SMARTS) is 1. The highest BCUT2D eigenvalue weighted by Gasteiger charge is 2.07. The first-order valence-electron chi connectivity index (χ1n) is 5.54. The molecule has 2 N–H and O–H groups in total. The molecule has 4 nitrogen and oxygen atoms in total. The zero-order valence-electron chi connectivity index (χ0n) is 9.88. The minimum absolute atomic E-state index is 0.230. The number of benzene rings is 2. The number of anilines is 1. The van der Waals surface area contributed by atoms with Crippen LogP contribution in [0.3, 0.4) is 0 Å². The predicted molar refractivity (Wildman–Crippen MR) is 78.8 cm³/mol. The fraction of sp³-hybridized carbons (Fsp3) is 0. The molecule has 0 aliphatic rings. The van der Waals surface area contributed by atoms with Gasteiger partial charge in [-0.15, -0.1) is 0 Å². The van der Waals surface area contributed by atoms with Crippen molar-refractivity contribution in [3.05, 3.63) is 64.1 Å².